The van der Waals surface area contributed by atoms with Crippen molar-refractivity contribution >= 4 is 30.7 Å². The lowest BCUT2D eigenvalue weighted by molar-refractivity contribution is 0.0928. The lowest BCUT2D eigenvalue weighted by Crippen LogP contribution is -2.41. The van der Waals surface area contributed by atoms with Crippen molar-refractivity contribution in [3.05, 3.63) is 42.0 Å². The maximum Gasteiger partial charge on any atom is 0.273 e. The highest BCUT2D eigenvalue weighted by molar-refractivity contribution is 5.92. The predicted molar refractivity (Wildman–Crippen MR) is 97.6 cm³/mol. The van der Waals surface area contributed by atoms with Crippen molar-refractivity contribution < 1.29 is 4.79 Å². The van der Waals surface area contributed by atoms with E-state index in [0.29, 0.717) is 19.0 Å². The molecule has 2 aromatic heterocycles. The van der Waals surface area contributed by atoms with Crippen LogP contribution >= 0.6 is 24.8 Å². The van der Waals surface area contributed by atoms with Crippen LogP contribution < -0.4 is 11.1 Å². The van der Waals surface area contributed by atoms with Crippen LogP contribution in [0.2, 0.25) is 0 Å². The van der Waals surface area contributed by atoms with Crippen LogP contribution in [0.1, 0.15) is 36.5 Å². The van der Waals surface area contributed by atoms with Gasteiger partial charge in [0.1, 0.15) is 0 Å². The molecule has 0 aliphatic rings. The SMILES string of the molecule is CC(C)CC(CN)NC(=O)c1cn(Cc2ccccn2)nn1.Cl.Cl. The van der Waals surface area contributed by atoms with Crippen molar-refractivity contribution in [2.24, 2.45) is 11.7 Å². The van der Waals surface area contributed by atoms with Gasteiger partial charge in [0.2, 0.25) is 0 Å². The summed E-state index contributed by atoms with van der Waals surface area (Å²) < 4.78 is 1.59. The highest BCUT2D eigenvalue weighted by Crippen LogP contribution is 2.05. The minimum Gasteiger partial charge on any atom is -0.347 e. The summed E-state index contributed by atoms with van der Waals surface area (Å²) >= 11 is 0. The number of nitrogens with two attached hydrogens (primary N) is 1. The Hall–Kier alpha value is -1.70. The quantitative estimate of drug-likeness (QED) is 0.767. The Labute approximate surface area is 154 Å². The second-order valence-electron chi connectivity index (χ2n) is 5.66. The standard InChI is InChI=1S/C15H22N6O.2ClH/c1-11(2)7-13(8-16)18-15(22)14-10-21(20-19-14)9-12-5-3-4-6-17-12;;/h3-6,10-11,13H,7-9,16H2,1-2H3,(H,18,22);2*1H. The third kappa shape index (κ3) is 6.82. The first kappa shape index (κ1) is 22.3. The summed E-state index contributed by atoms with van der Waals surface area (Å²) in [6.45, 7) is 5.08. The molecular weight excluding hydrogens is 351 g/mol. The van der Waals surface area contributed by atoms with E-state index in [-0.39, 0.29) is 42.5 Å². The molecule has 0 aliphatic heterocycles. The van der Waals surface area contributed by atoms with Gasteiger partial charge in [-0.1, -0.05) is 25.1 Å². The Bertz CT molecular complexity index is 605. The first-order chi connectivity index (χ1) is 10.6. The number of nitrogens with one attached hydrogen (secondary N) is 1. The van der Waals surface area contributed by atoms with Crippen molar-refractivity contribution in [2.45, 2.75) is 32.9 Å². The summed E-state index contributed by atoms with van der Waals surface area (Å²) in [6, 6.07) is 5.61. The molecule has 24 heavy (non-hydrogen) atoms. The maximum atomic E-state index is 12.2. The smallest absolute Gasteiger partial charge is 0.273 e. The van der Waals surface area contributed by atoms with Crippen LogP contribution in [-0.4, -0.2) is 38.5 Å². The lowest BCUT2D eigenvalue weighted by Gasteiger charge is -2.17. The van der Waals surface area contributed by atoms with E-state index in [2.05, 4.69) is 34.5 Å². The monoisotopic (exact) mass is 374 g/mol. The second kappa shape index (κ2) is 11.0. The van der Waals surface area contributed by atoms with E-state index in [1.54, 1.807) is 17.1 Å². The van der Waals surface area contributed by atoms with Gasteiger partial charge in [-0.25, -0.2) is 4.68 Å². The number of carbonyl (C=O) groups is 1. The Morgan fingerprint density at radius 3 is 2.67 bits per heavy atom. The summed E-state index contributed by atoms with van der Waals surface area (Å²) in [5, 5.41) is 10.8. The number of halogens is 2. The van der Waals surface area contributed by atoms with Crippen molar-refractivity contribution in [2.75, 3.05) is 6.54 Å². The molecule has 0 fully saturated rings. The lowest BCUT2D eigenvalue weighted by atomic mass is 10.0. The number of amides is 1. The Morgan fingerprint density at radius 1 is 1.33 bits per heavy atom. The van der Waals surface area contributed by atoms with Crippen molar-refractivity contribution in [1.29, 1.82) is 0 Å². The minimum absolute atomic E-state index is 0. The van der Waals surface area contributed by atoms with Gasteiger partial charge < -0.3 is 11.1 Å². The molecule has 0 spiro atoms. The Morgan fingerprint density at radius 2 is 2.08 bits per heavy atom. The van der Waals surface area contributed by atoms with Crippen LogP contribution in [0.25, 0.3) is 0 Å². The van der Waals surface area contributed by atoms with Crippen LogP contribution in [0.4, 0.5) is 0 Å². The molecule has 134 valence electrons. The van der Waals surface area contributed by atoms with Crippen molar-refractivity contribution in [3.63, 3.8) is 0 Å². The number of hydrogen-bond donors (Lipinski definition) is 2. The molecule has 0 saturated heterocycles. The van der Waals surface area contributed by atoms with Crippen LogP contribution in [-0.2, 0) is 6.54 Å². The molecule has 9 heteroatoms. The third-order valence-corrected chi connectivity index (χ3v) is 3.20. The van der Waals surface area contributed by atoms with E-state index in [0.717, 1.165) is 12.1 Å². The van der Waals surface area contributed by atoms with E-state index >= 15 is 0 Å². The van der Waals surface area contributed by atoms with Gasteiger partial charge in [-0.15, -0.1) is 29.9 Å². The van der Waals surface area contributed by atoms with Gasteiger partial charge in [0.15, 0.2) is 5.69 Å². The van der Waals surface area contributed by atoms with Crippen LogP contribution in [0, 0.1) is 5.92 Å². The van der Waals surface area contributed by atoms with Crippen molar-refractivity contribution in [3.8, 4) is 0 Å². The van der Waals surface area contributed by atoms with E-state index in [1.165, 1.54) is 0 Å². The maximum absolute atomic E-state index is 12.2. The van der Waals surface area contributed by atoms with E-state index in [4.69, 9.17) is 5.73 Å². The fourth-order valence-corrected chi connectivity index (χ4v) is 2.18. The molecule has 0 aliphatic carbocycles. The predicted octanol–water partition coefficient (Wildman–Crippen LogP) is 1.67. The molecule has 1 unspecified atom stereocenters. The van der Waals surface area contributed by atoms with Gasteiger partial charge in [0.05, 0.1) is 18.4 Å². The van der Waals surface area contributed by atoms with Crippen LogP contribution in [0.5, 0.6) is 0 Å². The Kier molecular flexibility index (Phi) is 10.2. The molecule has 0 saturated carbocycles. The van der Waals surface area contributed by atoms with Crippen molar-refractivity contribution in [1.82, 2.24) is 25.3 Å². The highest BCUT2D eigenvalue weighted by atomic mass is 35.5. The molecule has 3 N–H and O–H groups in total. The number of carbonyl (C=O) groups excluding carboxylic acids is 1. The number of hydrogen-bond acceptors (Lipinski definition) is 5. The zero-order chi connectivity index (χ0) is 15.9. The summed E-state index contributed by atoms with van der Waals surface area (Å²) in [6.07, 6.45) is 4.18. The minimum atomic E-state index is -0.247. The number of aromatic nitrogens is 4. The number of nitrogens with zero attached hydrogens (tertiary/aromatic N) is 4. The van der Waals surface area contributed by atoms with E-state index in [9.17, 15) is 4.79 Å². The fourth-order valence-electron chi connectivity index (χ4n) is 2.18. The van der Waals surface area contributed by atoms with Gasteiger partial charge in [-0.3, -0.25) is 9.78 Å². The zero-order valence-corrected chi connectivity index (χ0v) is 15.4. The van der Waals surface area contributed by atoms with Gasteiger partial charge in [-0.2, -0.15) is 0 Å². The normalized spacial score (nSPS) is 11.3. The molecule has 0 aromatic carbocycles. The average molecular weight is 375 g/mol. The number of pyridine rings is 1. The van der Waals surface area contributed by atoms with Gasteiger partial charge in [-0.05, 0) is 24.5 Å². The topological polar surface area (TPSA) is 98.7 Å². The fraction of sp³-hybridized carbons (Fsp3) is 0.467. The zero-order valence-electron chi connectivity index (χ0n) is 13.8. The highest BCUT2D eigenvalue weighted by Gasteiger charge is 2.16. The molecule has 2 rings (SSSR count). The second-order valence-corrected chi connectivity index (χ2v) is 5.66. The average Bonchev–Trinajstić information content (AvgIpc) is 2.95. The first-order valence-corrected chi connectivity index (χ1v) is 7.39. The Balaban J connectivity index is 0.00000264. The molecule has 1 amide bonds. The largest absolute Gasteiger partial charge is 0.347 e. The molecular formula is C15H24Cl2N6O. The summed E-state index contributed by atoms with van der Waals surface area (Å²) in [7, 11) is 0. The number of rotatable bonds is 7. The van der Waals surface area contributed by atoms with E-state index in [1.807, 2.05) is 18.2 Å². The van der Waals surface area contributed by atoms with E-state index < -0.39 is 0 Å². The summed E-state index contributed by atoms with van der Waals surface area (Å²) in [4.78, 5) is 16.4. The molecule has 2 aromatic rings. The first-order valence-electron chi connectivity index (χ1n) is 7.39. The third-order valence-electron chi connectivity index (χ3n) is 3.20. The van der Waals surface area contributed by atoms with Crippen LogP contribution in [0.3, 0.4) is 0 Å². The van der Waals surface area contributed by atoms with Gasteiger partial charge in [0, 0.05) is 18.8 Å². The molecule has 0 bridgehead atoms. The van der Waals surface area contributed by atoms with Gasteiger partial charge in [0.25, 0.3) is 5.91 Å². The molecule has 1 atom stereocenters. The molecule has 2 heterocycles. The molecule has 7 nitrogen and oxygen atoms in total. The van der Waals surface area contributed by atoms with Crippen LogP contribution in [0.15, 0.2) is 30.6 Å². The summed E-state index contributed by atoms with van der Waals surface area (Å²) in [5.41, 5.74) is 6.84. The van der Waals surface area contributed by atoms with Gasteiger partial charge >= 0.3 is 0 Å². The summed E-state index contributed by atoms with van der Waals surface area (Å²) in [5.74, 6) is 0.219. The molecule has 0 radical (unpaired) electrons.